The lowest BCUT2D eigenvalue weighted by atomic mass is 10.3. The van der Waals surface area contributed by atoms with Crippen LogP contribution in [0.4, 0.5) is 0 Å². The van der Waals surface area contributed by atoms with Crippen LogP contribution in [-0.2, 0) is 9.84 Å². The van der Waals surface area contributed by atoms with E-state index in [4.69, 9.17) is 5.11 Å². The Bertz CT molecular complexity index is 573. The van der Waals surface area contributed by atoms with Gasteiger partial charge in [0.1, 0.15) is 5.56 Å². The third kappa shape index (κ3) is 3.16. The lowest BCUT2D eigenvalue weighted by Gasteiger charge is -2.03. The van der Waals surface area contributed by atoms with Crippen LogP contribution in [0.2, 0.25) is 0 Å². The summed E-state index contributed by atoms with van der Waals surface area (Å²) < 4.78 is 23.5. The predicted octanol–water partition coefficient (Wildman–Crippen LogP) is 0.647. The molecular formula is C10H13NO5S. The molecule has 0 amide bonds. The summed E-state index contributed by atoms with van der Waals surface area (Å²) in [6.07, 6.45) is 2.23. The number of aromatic carboxylic acids is 1. The number of carboxylic acid groups (broad SMARTS) is 1. The van der Waals surface area contributed by atoms with E-state index >= 15 is 0 Å². The average Bonchev–Trinajstić information content (AvgIpc) is 2.26. The zero-order chi connectivity index (χ0) is 13.1. The van der Waals surface area contributed by atoms with Crippen molar-refractivity contribution in [2.24, 2.45) is 0 Å². The minimum Gasteiger partial charge on any atom is -0.477 e. The summed E-state index contributed by atoms with van der Waals surface area (Å²) in [5.41, 5.74) is -1.38. The molecule has 1 aromatic rings. The molecule has 94 valence electrons. The molecule has 2 N–H and O–H groups in total. The van der Waals surface area contributed by atoms with Crippen molar-refractivity contribution in [2.45, 2.75) is 24.7 Å². The normalized spacial score (nSPS) is 11.4. The first kappa shape index (κ1) is 13.4. The van der Waals surface area contributed by atoms with E-state index < -0.39 is 26.9 Å². The van der Waals surface area contributed by atoms with E-state index in [9.17, 15) is 18.0 Å². The number of aromatic nitrogens is 1. The van der Waals surface area contributed by atoms with Gasteiger partial charge in [0, 0.05) is 6.20 Å². The number of aromatic amines is 1. The van der Waals surface area contributed by atoms with Crippen molar-refractivity contribution in [2.75, 3.05) is 5.75 Å². The molecule has 1 aromatic heterocycles. The summed E-state index contributed by atoms with van der Waals surface area (Å²) in [6.45, 7) is 1.85. The van der Waals surface area contributed by atoms with E-state index in [2.05, 4.69) is 4.98 Å². The number of unbranched alkanes of at least 4 members (excludes halogenated alkanes) is 1. The second kappa shape index (κ2) is 5.13. The molecule has 0 aliphatic carbocycles. The first-order valence-corrected chi connectivity index (χ1v) is 6.72. The highest BCUT2D eigenvalue weighted by Crippen LogP contribution is 2.11. The number of nitrogens with one attached hydrogen (secondary N) is 1. The maximum atomic E-state index is 11.8. The Labute approximate surface area is 98.2 Å². The molecule has 0 atom stereocenters. The number of carbonyl (C=O) groups is 1. The Morgan fingerprint density at radius 1 is 1.47 bits per heavy atom. The van der Waals surface area contributed by atoms with Gasteiger partial charge in [-0.2, -0.15) is 0 Å². The number of pyridine rings is 1. The largest absolute Gasteiger partial charge is 0.477 e. The second-order valence-electron chi connectivity index (χ2n) is 3.56. The van der Waals surface area contributed by atoms with Crippen molar-refractivity contribution < 1.29 is 18.3 Å². The van der Waals surface area contributed by atoms with E-state index in [1.54, 1.807) is 0 Å². The van der Waals surface area contributed by atoms with Gasteiger partial charge in [-0.05, 0) is 12.5 Å². The molecule has 0 saturated carbocycles. The topological polar surface area (TPSA) is 104 Å². The fraction of sp³-hybridized carbons (Fsp3) is 0.400. The van der Waals surface area contributed by atoms with Crippen LogP contribution in [0, 0.1) is 0 Å². The number of hydrogen-bond acceptors (Lipinski definition) is 4. The third-order valence-corrected chi connectivity index (χ3v) is 4.01. The quantitative estimate of drug-likeness (QED) is 0.807. The van der Waals surface area contributed by atoms with Crippen molar-refractivity contribution in [1.29, 1.82) is 0 Å². The number of sulfone groups is 1. The molecule has 0 aliphatic heterocycles. The minimum atomic E-state index is -3.53. The van der Waals surface area contributed by atoms with Crippen molar-refractivity contribution in [1.82, 2.24) is 4.98 Å². The first-order chi connectivity index (χ1) is 7.88. The predicted molar refractivity (Wildman–Crippen MR) is 61.0 cm³/mol. The molecule has 0 bridgehead atoms. The van der Waals surface area contributed by atoms with Gasteiger partial charge in [0.2, 0.25) is 0 Å². The molecule has 6 nitrogen and oxygen atoms in total. The second-order valence-corrected chi connectivity index (χ2v) is 5.66. The Hall–Kier alpha value is -1.63. The van der Waals surface area contributed by atoms with Gasteiger partial charge in [-0.25, -0.2) is 13.2 Å². The first-order valence-electron chi connectivity index (χ1n) is 5.07. The van der Waals surface area contributed by atoms with Crippen LogP contribution >= 0.6 is 0 Å². The minimum absolute atomic E-state index is 0.0609. The highest BCUT2D eigenvalue weighted by Gasteiger charge is 2.18. The zero-order valence-electron chi connectivity index (χ0n) is 9.26. The Morgan fingerprint density at radius 3 is 2.65 bits per heavy atom. The summed E-state index contributed by atoms with van der Waals surface area (Å²) in [4.78, 5) is 23.8. The molecule has 1 heterocycles. The Morgan fingerprint density at radius 2 is 2.12 bits per heavy atom. The van der Waals surface area contributed by atoms with Crippen molar-refractivity contribution in [3.8, 4) is 0 Å². The lowest BCUT2D eigenvalue weighted by Crippen LogP contribution is -2.19. The van der Waals surface area contributed by atoms with Gasteiger partial charge in [0.15, 0.2) is 9.84 Å². The van der Waals surface area contributed by atoms with Crippen molar-refractivity contribution >= 4 is 15.8 Å². The third-order valence-electron chi connectivity index (χ3n) is 2.23. The summed E-state index contributed by atoms with van der Waals surface area (Å²) in [6, 6.07) is 0.895. The standard InChI is InChI=1S/C10H13NO5S/c1-2-3-4-17(15,16)7-5-8(10(13)14)9(12)11-6-7/h5-6H,2-4H2,1H3,(H,11,12)(H,13,14). The van der Waals surface area contributed by atoms with Gasteiger partial charge in [-0.1, -0.05) is 13.3 Å². The van der Waals surface area contributed by atoms with Gasteiger partial charge >= 0.3 is 5.97 Å². The highest BCUT2D eigenvalue weighted by atomic mass is 32.2. The molecule has 0 saturated heterocycles. The molecule has 0 unspecified atom stereocenters. The molecule has 0 radical (unpaired) electrons. The molecule has 7 heteroatoms. The highest BCUT2D eigenvalue weighted by molar-refractivity contribution is 7.91. The van der Waals surface area contributed by atoms with Gasteiger partial charge in [0.25, 0.3) is 5.56 Å². The number of hydrogen-bond donors (Lipinski definition) is 2. The lowest BCUT2D eigenvalue weighted by molar-refractivity contribution is 0.0694. The molecule has 17 heavy (non-hydrogen) atoms. The molecule has 0 aliphatic rings. The van der Waals surface area contributed by atoms with E-state index in [1.165, 1.54) is 0 Å². The van der Waals surface area contributed by atoms with E-state index in [0.29, 0.717) is 12.8 Å². The molecule has 0 aromatic carbocycles. The number of carboxylic acids is 1. The van der Waals surface area contributed by atoms with Gasteiger partial charge in [0.05, 0.1) is 10.6 Å². The smallest absolute Gasteiger partial charge is 0.341 e. The fourth-order valence-corrected chi connectivity index (χ4v) is 2.69. The van der Waals surface area contributed by atoms with Crippen molar-refractivity contribution in [3.63, 3.8) is 0 Å². The fourth-order valence-electron chi connectivity index (χ4n) is 1.25. The summed E-state index contributed by atoms with van der Waals surface area (Å²) in [5.74, 6) is -1.51. The van der Waals surface area contributed by atoms with E-state index in [-0.39, 0.29) is 10.6 Å². The van der Waals surface area contributed by atoms with E-state index in [1.807, 2.05) is 6.92 Å². The van der Waals surface area contributed by atoms with Crippen molar-refractivity contribution in [3.05, 3.63) is 28.2 Å². The molecule has 0 spiro atoms. The van der Waals surface area contributed by atoms with Gasteiger partial charge in [-0.15, -0.1) is 0 Å². The summed E-state index contributed by atoms with van der Waals surface area (Å²) in [7, 11) is -3.53. The van der Waals surface area contributed by atoms with Crippen LogP contribution in [-0.4, -0.2) is 30.2 Å². The van der Waals surface area contributed by atoms with Crippen LogP contribution in [0.1, 0.15) is 30.1 Å². The van der Waals surface area contributed by atoms with E-state index in [0.717, 1.165) is 12.3 Å². The maximum Gasteiger partial charge on any atom is 0.341 e. The van der Waals surface area contributed by atoms with Gasteiger partial charge < -0.3 is 10.1 Å². The number of rotatable bonds is 5. The summed E-state index contributed by atoms with van der Waals surface area (Å²) in [5, 5.41) is 8.72. The molecule has 1 rings (SSSR count). The van der Waals surface area contributed by atoms with Crippen LogP contribution in [0.15, 0.2) is 22.0 Å². The zero-order valence-corrected chi connectivity index (χ0v) is 10.1. The van der Waals surface area contributed by atoms with Crippen LogP contribution in [0.25, 0.3) is 0 Å². The Balaban J connectivity index is 3.20. The molecular weight excluding hydrogens is 246 g/mol. The Kier molecular flexibility index (Phi) is 4.06. The van der Waals surface area contributed by atoms with Crippen LogP contribution in [0.3, 0.4) is 0 Å². The summed E-state index contributed by atoms with van der Waals surface area (Å²) >= 11 is 0. The monoisotopic (exact) mass is 259 g/mol. The number of H-pyrrole nitrogens is 1. The van der Waals surface area contributed by atoms with Crippen LogP contribution in [0.5, 0.6) is 0 Å². The molecule has 0 fully saturated rings. The van der Waals surface area contributed by atoms with Gasteiger partial charge in [-0.3, -0.25) is 4.79 Å². The maximum absolute atomic E-state index is 11.8. The SMILES string of the molecule is CCCCS(=O)(=O)c1c[nH]c(=O)c(C(=O)O)c1. The average molecular weight is 259 g/mol. The van der Waals surface area contributed by atoms with Crippen LogP contribution < -0.4 is 5.56 Å².